The molecule has 29 heavy (non-hydrogen) atoms. The van der Waals surface area contributed by atoms with Crippen LogP contribution in [-0.4, -0.2) is 50.3 Å². The van der Waals surface area contributed by atoms with Gasteiger partial charge in [0.25, 0.3) is 0 Å². The number of benzene rings is 1. The van der Waals surface area contributed by atoms with Crippen LogP contribution in [0.3, 0.4) is 0 Å². The number of nitrogens with one attached hydrogen (secondary N) is 2. The topological polar surface area (TPSA) is 115 Å². The zero-order valence-electron chi connectivity index (χ0n) is 17.2. The van der Waals surface area contributed by atoms with Gasteiger partial charge in [0.1, 0.15) is 5.82 Å². The van der Waals surface area contributed by atoms with Crippen molar-refractivity contribution in [2.75, 3.05) is 7.05 Å². The molecule has 2 amide bonds. The maximum atomic E-state index is 12.6. The molecule has 2 aromatic rings. The quantitative estimate of drug-likeness (QED) is 0.629. The van der Waals surface area contributed by atoms with Crippen molar-refractivity contribution in [3.63, 3.8) is 0 Å². The molecule has 1 atom stereocenters. The Hall–Kier alpha value is -2.90. The van der Waals surface area contributed by atoms with Crippen molar-refractivity contribution >= 4 is 28.8 Å². The molecule has 1 saturated heterocycles. The molecule has 0 spiro atoms. The van der Waals surface area contributed by atoms with E-state index in [0.717, 1.165) is 16.9 Å². The highest BCUT2D eigenvalue weighted by molar-refractivity contribution is 5.81. The molecular weight excluding hydrogens is 372 g/mol. The number of aromatic amines is 1. The van der Waals surface area contributed by atoms with E-state index in [2.05, 4.69) is 21.4 Å². The van der Waals surface area contributed by atoms with E-state index >= 15 is 0 Å². The summed E-state index contributed by atoms with van der Waals surface area (Å²) in [6, 6.07) is 4.08. The van der Waals surface area contributed by atoms with Gasteiger partial charge in [-0.05, 0) is 56.4 Å². The first-order chi connectivity index (χ1) is 13.7. The number of carboxylic acid groups (broad SMARTS) is 1. The predicted molar refractivity (Wildman–Crippen MR) is 108 cm³/mol. The number of nitrogens with zero attached hydrogens (tertiary/aromatic N) is 2. The Morgan fingerprint density at radius 2 is 1.90 bits per heavy atom. The Kier molecular flexibility index (Phi) is 5.91. The molecule has 0 radical (unpaired) electrons. The number of carbonyl (C=O) groups is 3. The highest BCUT2D eigenvalue weighted by Crippen LogP contribution is 2.30. The van der Waals surface area contributed by atoms with Crippen LogP contribution in [0.2, 0.25) is 0 Å². The Bertz CT molecular complexity index is 913. The number of H-pyrrole nitrogens is 1. The van der Waals surface area contributed by atoms with E-state index < -0.39 is 11.5 Å². The number of amides is 2. The second kappa shape index (κ2) is 8.23. The Balaban J connectivity index is 1.61. The van der Waals surface area contributed by atoms with Crippen molar-refractivity contribution in [3.05, 3.63) is 29.1 Å². The fourth-order valence-corrected chi connectivity index (χ4v) is 3.87. The maximum absolute atomic E-state index is 12.6. The van der Waals surface area contributed by atoms with Crippen LogP contribution in [0, 0.1) is 13.8 Å². The lowest BCUT2D eigenvalue weighted by Crippen LogP contribution is -2.43. The molecule has 3 N–H and O–H groups in total. The summed E-state index contributed by atoms with van der Waals surface area (Å²) in [6.07, 6.45) is 1.94. The SMILES string of the molecule is Cc1cc2nc(CN(C)C(=O)CC[C@@]3(CCC(=O)O)CCC(=O)N3)[nH]c2cc1C. The van der Waals surface area contributed by atoms with Gasteiger partial charge in [0.15, 0.2) is 0 Å². The minimum absolute atomic E-state index is 0.0257. The molecule has 0 saturated carbocycles. The van der Waals surface area contributed by atoms with Crippen molar-refractivity contribution in [2.45, 2.75) is 64.5 Å². The average molecular weight is 400 g/mol. The summed E-state index contributed by atoms with van der Waals surface area (Å²) in [5.41, 5.74) is 3.59. The summed E-state index contributed by atoms with van der Waals surface area (Å²) < 4.78 is 0. The minimum atomic E-state index is -0.899. The van der Waals surface area contributed by atoms with Gasteiger partial charge >= 0.3 is 5.97 Å². The zero-order chi connectivity index (χ0) is 21.2. The van der Waals surface area contributed by atoms with Gasteiger partial charge in [-0.25, -0.2) is 4.98 Å². The number of rotatable bonds is 8. The lowest BCUT2D eigenvalue weighted by Gasteiger charge is -2.29. The molecule has 1 fully saturated rings. The highest BCUT2D eigenvalue weighted by atomic mass is 16.4. The molecule has 0 bridgehead atoms. The van der Waals surface area contributed by atoms with E-state index in [9.17, 15) is 14.4 Å². The van der Waals surface area contributed by atoms with Crippen LogP contribution in [0.5, 0.6) is 0 Å². The molecule has 1 aliphatic rings. The summed E-state index contributed by atoms with van der Waals surface area (Å²) in [6.45, 7) is 4.45. The largest absolute Gasteiger partial charge is 0.481 e. The lowest BCUT2D eigenvalue weighted by molar-refractivity contribution is -0.137. The van der Waals surface area contributed by atoms with Crippen molar-refractivity contribution in [1.82, 2.24) is 20.2 Å². The molecular formula is C21H28N4O4. The second-order valence-corrected chi connectivity index (χ2v) is 8.11. The number of hydrogen-bond acceptors (Lipinski definition) is 4. The standard InChI is InChI=1S/C21H28N4O4/c1-13-10-15-16(11-14(13)2)23-17(22-15)12-25(3)19(27)5-8-21(9-6-20(28)29)7-4-18(26)24-21/h10-11H,4-9,12H2,1-3H3,(H,22,23)(H,24,26)(H,28,29)/t21-/m1/s1. The maximum Gasteiger partial charge on any atom is 0.303 e. The first-order valence-electron chi connectivity index (χ1n) is 9.90. The van der Waals surface area contributed by atoms with Crippen molar-refractivity contribution in [1.29, 1.82) is 0 Å². The molecule has 8 nitrogen and oxygen atoms in total. The van der Waals surface area contributed by atoms with Gasteiger partial charge < -0.3 is 20.3 Å². The minimum Gasteiger partial charge on any atom is -0.481 e. The molecule has 1 aromatic carbocycles. The Labute approximate surface area is 169 Å². The third kappa shape index (κ3) is 4.93. The van der Waals surface area contributed by atoms with E-state index in [1.165, 1.54) is 11.1 Å². The normalized spacial score (nSPS) is 18.8. The molecule has 2 heterocycles. The Morgan fingerprint density at radius 3 is 2.55 bits per heavy atom. The van der Waals surface area contributed by atoms with Crippen LogP contribution in [0.15, 0.2) is 12.1 Å². The molecule has 8 heteroatoms. The van der Waals surface area contributed by atoms with E-state index in [1.807, 2.05) is 19.9 Å². The van der Waals surface area contributed by atoms with E-state index in [4.69, 9.17) is 5.11 Å². The summed E-state index contributed by atoms with van der Waals surface area (Å²) >= 11 is 0. The van der Waals surface area contributed by atoms with Gasteiger partial charge in [-0.3, -0.25) is 14.4 Å². The monoisotopic (exact) mass is 400 g/mol. The van der Waals surface area contributed by atoms with Gasteiger partial charge in [-0.15, -0.1) is 0 Å². The van der Waals surface area contributed by atoms with Crippen LogP contribution in [-0.2, 0) is 20.9 Å². The molecule has 3 rings (SSSR count). The van der Waals surface area contributed by atoms with Crippen LogP contribution < -0.4 is 5.32 Å². The number of aryl methyl sites for hydroxylation is 2. The van der Waals surface area contributed by atoms with Crippen molar-refractivity contribution in [3.8, 4) is 0 Å². The first-order valence-corrected chi connectivity index (χ1v) is 9.90. The summed E-state index contributed by atoms with van der Waals surface area (Å²) in [7, 11) is 1.73. The Morgan fingerprint density at radius 1 is 1.21 bits per heavy atom. The summed E-state index contributed by atoms with van der Waals surface area (Å²) in [5, 5.41) is 11.9. The van der Waals surface area contributed by atoms with E-state index in [1.54, 1.807) is 11.9 Å². The number of fused-ring (bicyclic) bond motifs is 1. The fourth-order valence-electron chi connectivity index (χ4n) is 3.87. The number of carbonyl (C=O) groups excluding carboxylic acids is 2. The molecule has 1 aromatic heterocycles. The molecule has 1 aliphatic heterocycles. The third-order valence-corrected chi connectivity index (χ3v) is 5.83. The molecule has 0 aliphatic carbocycles. The second-order valence-electron chi connectivity index (χ2n) is 8.11. The molecule has 0 unspecified atom stereocenters. The van der Waals surface area contributed by atoms with E-state index in [0.29, 0.717) is 32.2 Å². The van der Waals surface area contributed by atoms with Gasteiger partial charge in [0.05, 0.1) is 17.6 Å². The van der Waals surface area contributed by atoms with Gasteiger partial charge in [-0.2, -0.15) is 0 Å². The number of aliphatic carboxylic acids is 1. The summed E-state index contributed by atoms with van der Waals surface area (Å²) in [4.78, 5) is 44.7. The van der Waals surface area contributed by atoms with Gasteiger partial charge in [-0.1, -0.05) is 0 Å². The van der Waals surface area contributed by atoms with Gasteiger partial charge in [0, 0.05) is 31.8 Å². The van der Waals surface area contributed by atoms with Crippen LogP contribution in [0.25, 0.3) is 11.0 Å². The number of carboxylic acids is 1. The fraction of sp³-hybridized carbons (Fsp3) is 0.524. The number of hydrogen-bond donors (Lipinski definition) is 3. The average Bonchev–Trinajstić information content (AvgIpc) is 3.21. The highest BCUT2D eigenvalue weighted by Gasteiger charge is 2.38. The lowest BCUT2D eigenvalue weighted by atomic mass is 9.86. The molecule has 156 valence electrons. The number of imidazole rings is 1. The summed E-state index contributed by atoms with van der Waals surface area (Å²) in [5.74, 6) is -0.322. The van der Waals surface area contributed by atoms with Gasteiger partial charge in [0.2, 0.25) is 11.8 Å². The van der Waals surface area contributed by atoms with Crippen LogP contribution in [0.4, 0.5) is 0 Å². The van der Waals surface area contributed by atoms with E-state index in [-0.39, 0.29) is 24.7 Å². The third-order valence-electron chi connectivity index (χ3n) is 5.83. The smallest absolute Gasteiger partial charge is 0.303 e. The zero-order valence-corrected chi connectivity index (χ0v) is 17.2. The van der Waals surface area contributed by atoms with Crippen LogP contribution >= 0.6 is 0 Å². The van der Waals surface area contributed by atoms with Crippen LogP contribution in [0.1, 0.15) is 55.5 Å². The predicted octanol–water partition coefficient (Wildman–Crippen LogP) is 2.43. The van der Waals surface area contributed by atoms with Crippen molar-refractivity contribution < 1.29 is 19.5 Å². The van der Waals surface area contributed by atoms with Crippen molar-refractivity contribution in [2.24, 2.45) is 0 Å². The number of aromatic nitrogens is 2. The first kappa shape index (κ1) is 20.8.